The van der Waals surface area contributed by atoms with E-state index in [0.717, 1.165) is 126 Å². The van der Waals surface area contributed by atoms with Crippen molar-refractivity contribution < 1.29 is 32.7 Å². The van der Waals surface area contributed by atoms with Crippen molar-refractivity contribution in [3.63, 3.8) is 0 Å². The van der Waals surface area contributed by atoms with Crippen molar-refractivity contribution in [2.75, 3.05) is 95.4 Å². The fraction of sp³-hybridized carbons (Fsp3) is 0.529. The van der Waals surface area contributed by atoms with Gasteiger partial charge in [0.15, 0.2) is 0 Å². The summed E-state index contributed by atoms with van der Waals surface area (Å²) in [5.74, 6) is -1.84. The maximum atomic E-state index is 15.3. The highest BCUT2D eigenvalue weighted by atomic mass is 19.3. The van der Waals surface area contributed by atoms with Crippen molar-refractivity contribution in [3.05, 3.63) is 107 Å². The molecule has 3 saturated heterocycles. The van der Waals surface area contributed by atoms with Gasteiger partial charge < -0.3 is 38.5 Å². The van der Waals surface area contributed by atoms with Gasteiger partial charge in [-0.3, -0.25) is 24.3 Å². The van der Waals surface area contributed by atoms with Crippen LogP contribution in [0.5, 0.6) is 0 Å². The van der Waals surface area contributed by atoms with E-state index in [-0.39, 0.29) is 29.7 Å². The number of allylic oxidation sites excluding steroid dienone is 1. The van der Waals surface area contributed by atoms with E-state index in [1.807, 2.05) is 48.0 Å². The number of rotatable bonds is 20. The van der Waals surface area contributed by atoms with E-state index in [2.05, 4.69) is 35.9 Å². The van der Waals surface area contributed by atoms with E-state index in [9.17, 15) is 19.2 Å². The number of carbonyl (C=O) groups is 4. The van der Waals surface area contributed by atoms with Gasteiger partial charge in [-0.15, -0.1) is 10.2 Å². The maximum absolute atomic E-state index is 15.3. The average molecular weight is 937 g/mol. The molecule has 8 rings (SSSR count). The van der Waals surface area contributed by atoms with Gasteiger partial charge in [-0.1, -0.05) is 12.1 Å². The van der Waals surface area contributed by atoms with Gasteiger partial charge in [-0.05, 0) is 104 Å². The molecule has 2 amide bonds. The molecule has 0 saturated carbocycles. The molecule has 6 heterocycles. The van der Waals surface area contributed by atoms with E-state index in [0.29, 0.717) is 56.0 Å². The summed E-state index contributed by atoms with van der Waals surface area (Å²) < 4.78 is 38.8. The molecule has 68 heavy (non-hydrogen) atoms. The molecule has 0 spiro atoms. The molecule has 1 aromatic heterocycles. The molecule has 1 unspecified atom stereocenters. The molecule has 17 heteroatoms. The zero-order valence-corrected chi connectivity index (χ0v) is 39.7. The number of hydrogen-bond acceptors (Lipinski definition) is 12. The van der Waals surface area contributed by atoms with Crippen LogP contribution in [0.25, 0.3) is 0 Å². The molecule has 2 aromatic carbocycles. The summed E-state index contributed by atoms with van der Waals surface area (Å²) in [6.45, 7) is 12.0. The number of aryl methyl sites for hydroxylation is 1. The number of piperazine rings is 1. The van der Waals surface area contributed by atoms with Crippen molar-refractivity contribution >= 4 is 36.3 Å². The lowest BCUT2D eigenvalue weighted by Gasteiger charge is -2.40. The molecular formula is C51H66F2N10O5. The second-order valence-corrected chi connectivity index (χ2v) is 19.1. The minimum Gasteiger partial charge on any atom is -0.377 e. The lowest BCUT2D eigenvalue weighted by Crippen LogP contribution is -2.49. The number of ether oxygens (including phenoxy) is 1. The van der Waals surface area contributed by atoms with Crippen molar-refractivity contribution in [1.29, 1.82) is 0 Å². The van der Waals surface area contributed by atoms with Crippen molar-refractivity contribution in [2.45, 2.75) is 76.5 Å². The first-order valence-corrected chi connectivity index (χ1v) is 24.2. The van der Waals surface area contributed by atoms with E-state index in [1.165, 1.54) is 17.7 Å². The number of likely N-dealkylation sites (tertiary alicyclic amines) is 2. The number of nitrogens with zero attached hydrogens (tertiary/aromatic N) is 10. The van der Waals surface area contributed by atoms with Crippen molar-refractivity contribution in [2.24, 2.45) is 13.0 Å². The summed E-state index contributed by atoms with van der Waals surface area (Å²) in [4.78, 5) is 62.4. The summed E-state index contributed by atoms with van der Waals surface area (Å²) in [7, 11) is 3.67. The van der Waals surface area contributed by atoms with Crippen LogP contribution in [0.4, 0.5) is 20.2 Å². The number of carbonyl (C=O) groups excluding carboxylic acids is 4. The highest BCUT2D eigenvalue weighted by Crippen LogP contribution is 2.37. The number of alkyl halides is 2. The third-order valence-corrected chi connectivity index (χ3v) is 14.3. The molecule has 3 aromatic rings. The number of fused-ring (bicyclic) bond motifs is 1. The lowest BCUT2D eigenvalue weighted by atomic mass is 9.96. The van der Waals surface area contributed by atoms with E-state index < -0.39 is 12.0 Å². The maximum Gasteiger partial charge on any atom is 0.272 e. The van der Waals surface area contributed by atoms with Gasteiger partial charge in [-0.25, -0.2) is 8.78 Å². The van der Waals surface area contributed by atoms with Crippen molar-refractivity contribution in [3.8, 4) is 0 Å². The monoisotopic (exact) mass is 937 g/mol. The second-order valence-electron chi connectivity index (χ2n) is 19.1. The Balaban J connectivity index is 0.735. The predicted molar refractivity (Wildman–Crippen MR) is 256 cm³/mol. The topological polar surface area (TPSA) is 131 Å². The van der Waals surface area contributed by atoms with Crippen LogP contribution in [0.1, 0.15) is 72.8 Å². The Kier molecular flexibility index (Phi) is 15.9. The number of hydrogen-bond donors (Lipinski definition) is 0. The fourth-order valence-corrected chi connectivity index (χ4v) is 10.3. The number of anilines is 2. The van der Waals surface area contributed by atoms with E-state index >= 15 is 8.78 Å². The molecule has 0 N–H and O–H groups in total. The quantitative estimate of drug-likeness (QED) is 0.139. The van der Waals surface area contributed by atoms with Gasteiger partial charge in [0, 0.05) is 134 Å². The van der Waals surface area contributed by atoms with E-state index in [4.69, 9.17) is 4.74 Å². The number of benzene rings is 2. The minimum absolute atomic E-state index is 0.131. The lowest BCUT2D eigenvalue weighted by molar-refractivity contribution is -0.115. The van der Waals surface area contributed by atoms with Crippen LogP contribution in [0.15, 0.2) is 84.1 Å². The third-order valence-electron chi connectivity index (χ3n) is 14.3. The summed E-state index contributed by atoms with van der Waals surface area (Å²) >= 11 is 0. The largest absolute Gasteiger partial charge is 0.377 e. The Morgan fingerprint density at radius 1 is 0.941 bits per heavy atom. The normalized spacial score (nSPS) is 20.4. The summed E-state index contributed by atoms with van der Waals surface area (Å²) in [6, 6.07) is 13.2. The van der Waals surface area contributed by atoms with Gasteiger partial charge in [0.05, 0.1) is 24.4 Å². The number of aldehydes is 2. The SMILES string of the molecule is CN(/C=C1/C(C(C)(F)F)=CC(CN2CCC(OCCN3CCC(CN4CCN(c5ccc6c(c5)CN(C(C=O)CCC=O)C6=O)CC4)CC3)CC2)=CN1C=O)c1cccc(Cc2nncn2C)c1. The summed E-state index contributed by atoms with van der Waals surface area (Å²) in [5.41, 5.74) is 5.07. The first-order valence-electron chi connectivity index (χ1n) is 24.2. The predicted octanol–water partition coefficient (Wildman–Crippen LogP) is 5.14. The highest BCUT2D eigenvalue weighted by molar-refractivity contribution is 6.00. The Bertz CT molecular complexity index is 2340. The molecule has 1 atom stereocenters. The molecule has 0 radical (unpaired) electrons. The van der Waals surface area contributed by atoms with Crippen LogP contribution in [-0.4, -0.2) is 168 Å². The van der Waals surface area contributed by atoms with Gasteiger partial charge in [0.1, 0.15) is 24.7 Å². The number of halogens is 2. The average Bonchev–Trinajstić information content (AvgIpc) is 3.90. The Hall–Kier alpha value is -5.62. The molecule has 5 aliphatic rings. The van der Waals surface area contributed by atoms with Crippen molar-refractivity contribution in [1.82, 2.24) is 39.3 Å². The van der Waals surface area contributed by atoms with Crippen LogP contribution < -0.4 is 9.80 Å². The van der Waals surface area contributed by atoms with Gasteiger partial charge >= 0.3 is 0 Å². The first-order chi connectivity index (χ1) is 32.9. The molecule has 364 valence electrons. The first kappa shape index (κ1) is 48.8. The summed E-state index contributed by atoms with van der Waals surface area (Å²) in [5, 5.41) is 8.12. The Morgan fingerprint density at radius 2 is 1.71 bits per heavy atom. The molecule has 0 aliphatic carbocycles. The molecule has 15 nitrogen and oxygen atoms in total. The number of amides is 2. The Morgan fingerprint density at radius 3 is 2.40 bits per heavy atom. The van der Waals surface area contributed by atoms with Gasteiger partial charge in [0.2, 0.25) is 6.41 Å². The highest BCUT2D eigenvalue weighted by Gasteiger charge is 2.36. The Labute approximate surface area is 398 Å². The van der Waals surface area contributed by atoms with E-state index in [1.54, 1.807) is 41.7 Å². The van der Waals surface area contributed by atoms with Crippen LogP contribution in [0.2, 0.25) is 0 Å². The van der Waals surface area contributed by atoms with Gasteiger partial charge in [0.25, 0.3) is 11.8 Å². The fourth-order valence-electron chi connectivity index (χ4n) is 10.3. The van der Waals surface area contributed by atoms with Crippen LogP contribution >= 0.6 is 0 Å². The number of aromatic nitrogens is 3. The smallest absolute Gasteiger partial charge is 0.272 e. The number of piperidine rings is 2. The second kappa shape index (κ2) is 22.2. The zero-order chi connectivity index (χ0) is 47.8. The standard InChI is InChI=1S/C51H66F2N10O5/c1-51(52,53)47-27-40(32-62(37-66)48(47)34-56(2)42-7-4-6-39(26-42)28-49-55-54-36-57(49)3)31-59-17-13-45(14-18-59)68-25-23-58-15-11-38(12-16-58)30-60-19-21-61(22-20-60)43-9-10-46-41(29-43)33-63(50(46)67)44(35-65)8-5-24-64/h4,6-7,9-10,24,26-27,29,32,34-38,44-45H,5,8,11-23,25,28,30-31,33H2,1-3H3/b48-34-. The molecular weight excluding hydrogens is 871 g/mol. The minimum atomic E-state index is -3.18. The van der Waals surface area contributed by atoms with Crippen LogP contribution in [-0.2, 0) is 39.1 Å². The third kappa shape index (κ3) is 12.0. The zero-order valence-electron chi connectivity index (χ0n) is 39.7. The van der Waals surface area contributed by atoms with Gasteiger partial charge in [-0.2, -0.15) is 0 Å². The molecule has 3 fully saturated rings. The molecule has 5 aliphatic heterocycles. The van der Waals surface area contributed by atoms with Crippen LogP contribution in [0.3, 0.4) is 0 Å². The van der Waals surface area contributed by atoms with Crippen LogP contribution in [0, 0.1) is 5.92 Å². The summed E-state index contributed by atoms with van der Waals surface area (Å²) in [6.07, 6.45) is 14.0. The molecule has 0 bridgehead atoms.